The SMILES string of the molecule is Cc1ccc(Oc2ccc(N3C(=O)c4ccc(C(=O)Oc5ccc6cc(C7(c8ccc9cc(OC(=O)c%10ccc%11c(c%10)C(=O)N(C)C%11=O)ccc9c8)c8ccccc8-c8ccccc87)ccc6c5)cc4C3=O)cc2)cc1. The summed E-state index contributed by atoms with van der Waals surface area (Å²) in [5.41, 5.74) is 8.22. The zero-order valence-corrected chi connectivity index (χ0v) is 40.7. The summed E-state index contributed by atoms with van der Waals surface area (Å²) in [5.74, 6) is -1.42. The van der Waals surface area contributed by atoms with E-state index in [1.807, 2.05) is 55.5 Å². The molecule has 0 saturated carbocycles. The lowest BCUT2D eigenvalue weighted by atomic mass is 9.67. The van der Waals surface area contributed by atoms with Crippen molar-refractivity contribution in [2.75, 3.05) is 11.9 Å². The molecule has 3 aliphatic rings. The van der Waals surface area contributed by atoms with Gasteiger partial charge in [-0.25, -0.2) is 14.5 Å². The third-order valence-electron chi connectivity index (χ3n) is 14.7. The van der Waals surface area contributed by atoms with E-state index in [0.717, 1.165) is 70.3 Å². The molecule has 364 valence electrons. The van der Waals surface area contributed by atoms with Crippen LogP contribution in [-0.4, -0.2) is 47.5 Å². The van der Waals surface area contributed by atoms with Crippen LogP contribution in [0.2, 0.25) is 0 Å². The largest absolute Gasteiger partial charge is 0.457 e. The molecule has 76 heavy (non-hydrogen) atoms. The number of anilines is 1. The molecule has 0 aromatic heterocycles. The van der Waals surface area contributed by atoms with Gasteiger partial charge in [0.2, 0.25) is 0 Å². The highest BCUT2D eigenvalue weighted by atomic mass is 16.5. The fraction of sp³-hybridized carbons (Fsp3) is 0.0462. The molecule has 0 bridgehead atoms. The van der Waals surface area contributed by atoms with Gasteiger partial charge < -0.3 is 14.2 Å². The van der Waals surface area contributed by atoms with E-state index < -0.39 is 41.0 Å². The Balaban J connectivity index is 0.776. The normalized spacial score (nSPS) is 13.9. The molecule has 0 radical (unpaired) electrons. The molecule has 0 atom stereocenters. The summed E-state index contributed by atoms with van der Waals surface area (Å²) in [6.45, 7) is 1.99. The molecule has 0 N–H and O–H groups in total. The van der Waals surface area contributed by atoms with Gasteiger partial charge in [0, 0.05) is 7.05 Å². The van der Waals surface area contributed by atoms with E-state index in [9.17, 15) is 28.8 Å². The molecule has 0 unspecified atom stereocenters. The number of carbonyl (C=O) groups is 6. The standard InChI is InChI=1S/C65H40N2O9/c1-37-11-23-47(24-12-37)74-48-27-21-46(22-28-48)67-61(70)54-30-18-43(36-56(54)62(67)71)64(73)76-50-26-16-39-32-45(20-14-41(39)34-50)65(57-9-5-3-7-51(57)52-8-4-6-10-58(52)65)44-19-13-40-33-49(25-15-38(40)31-44)75-63(72)42-17-29-53-55(35-42)60(69)66(2)59(53)68/h3-36H,1-2H3. The maximum absolute atomic E-state index is 13.7. The Labute approximate surface area is 434 Å². The van der Waals surface area contributed by atoms with E-state index in [0.29, 0.717) is 28.7 Å². The average Bonchev–Trinajstić information content (AvgIpc) is 3.98. The van der Waals surface area contributed by atoms with Gasteiger partial charge in [-0.15, -0.1) is 0 Å². The first kappa shape index (κ1) is 45.6. The minimum absolute atomic E-state index is 0.104. The van der Waals surface area contributed by atoms with Crippen molar-refractivity contribution in [3.8, 4) is 34.1 Å². The number of nitrogens with zero attached hydrogens (tertiary/aromatic N) is 2. The number of hydrogen-bond donors (Lipinski definition) is 0. The predicted octanol–water partition coefficient (Wildman–Crippen LogP) is 12.9. The van der Waals surface area contributed by atoms with Gasteiger partial charge in [-0.2, -0.15) is 0 Å². The van der Waals surface area contributed by atoms with Gasteiger partial charge in [0.05, 0.1) is 44.5 Å². The van der Waals surface area contributed by atoms with Crippen LogP contribution >= 0.6 is 0 Å². The Bertz CT molecular complexity index is 4150. The third kappa shape index (κ3) is 7.27. The van der Waals surface area contributed by atoms with Crippen LogP contribution in [0.4, 0.5) is 5.69 Å². The van der Waals surface area contributed by atoms with E-state index in [-0.39, 0.29) is 33.4 Å². The maximum atomic E-state index is 13.7. The Morgan fingerprint density at radius 1 is 0.395 bits per heavy atom. The fourth-order valence-corrected chi connectivity index (χ4v) is 10.9. The van der Waals surface area contributed by atoms with E-state index in [1.54, 1.807) is 48.5 Å². The second-order valence-electron chi connectivity index (χ2n) is 19.1. The van der Waals surface area contributed by atoms with Crippen LogP contribution < -0.4 is 19.1 Å². The van der Waals surface area contributed by atoms with Crippen LogP contribution in [0.3, 0.4) is 0 Å². The lowest BCUT2D eigenvalue weighted by molar-refractivity contribution is 0.0688. The molecule has 0 spiro atoms. The van der Waals surface area contributed by atoms with Gasteiger partial charge in [-0.3, -0.25) is 24.1 Å². The quantitative estimate of drug-likeness (QED) is 0.0786. The molecular weight excluding hydrogens is 953 g/mol. The minimum Gasteiger partial charge on any atom is -0.457 e. The molecule has 13 rings (SSSR count). The van der Waals surface area contributed by atoms with Crippen molar-refractivity contribution in [2.45, 2.75) is 12.3 Å². The third-order valence-corrected chi connectivity index (χ3v) is 14.7. The second-order valence-corrected chi connectivity index (χ2v) is 19.1. The van der Waals surface area contributed by atoms with Crippen LogP contribution in [0.15, 0.2) is 206 Å². The fourth-order valence-electron chi connectivity index (χ4n) is 10.9. The summed E-state index contributed by atoms with van der Waals surface area (Å²) >= 11 is 0. The first-order valence-corrected chi connectivity index (χ1v) is 24.5. The van der Waals surface area contributed by atoms with E-state index in [1.165, 1.54) is 43.4 Å². The Morgan fingerprint density at radius 3 is 1.36 bits per heavy atom. The Morgan fingerprint density at radius 2 is 0.816 bits per heavy atom. The van der Waals surface area contributed by atoms with Gasteiger partial charge in [0.1, 0.15) is 23.0 Å². The summed E-state index contributed by atoms with van der Waals surface area (Å²) in [6.07, 6.45) is 0. The molecule has 4 amide bonds. The summed E-state index contributed by atoms with van der Waals surface area (Å²) in [5, 5.41) is 3.50. The lowest BCUT2D eigenvalue weighted by Gasteiger charge is -2.34. The van der Waals surface area contributed by atoms with Crippen molar-refractivity contribution < 1.29 is 43.0 Å². The molecule has 10 aromatic rings. The zero-order chi connectivity index (χ0) is 52.0. The Hall–Kier alpha value is -10.3. The van der Waals surface area contributed by atoms with Gasteiger partial charge in [-0.1, -0.05) is 103 Å². The summed E-state index contributed by atoms with van der Waals surface area (Å²) in [4.78, 5) is 81.6. The molecule has 11 heteroatoms. The van der Waals surface area contributed by atoms with Gasteiger partial charge in [-0.05, 0) is 171 Å². The number of hydrogen-bond acceptors (Lipinski definition) is 9. The summed E-state index contributed by atoms with van der Waals surface area (Å²) < 4.78 is 17.7. The number of benzene rings is 10. The monoisotopic (exact) mass is 992 g/mol. The number of amides is 4. The van der Waals surface area contributed by atoms with E-state index in [2.05, 4.69) is 72.8 Å². The minimum atomic E-state index is -0.756. The van der Waals surface area contributed by atoms with Gasteiger partial charge in [0.25, 0.3) is 23.6 Å². The van der Waals surface area contributed by atoms with Crippen LogP contribution in [-0.2, 0) is 5.41 Å². The first-order chi connectivity index (χ1) is 36.9. The highest BCUT2D eigenvalue weighted by Crippen LogP contribution is 2.56. The van der Waals surface area contributed by atoms with Crippen LogP contribution in [0.25, 0.3) is 32.7 Å². The lowest BCUT2D eigenvalue weighted by Crippen LogP contribution is -2.29. The first-order valence-electron chi connectivity index (χ1n) is 24.5. The van der Waals surface area contributed by atoms with Crippen LogP contribution in [0, 0.1) is 6.92 Å². The van der Waals surface area contributed by atoms with Gasteiger partial charge in [0.15, 0.2) is 0 Å². The number of ether oxygens (including phenoxy) is 3. The molecule has 11 nitrogen and oxygen atoms in total. The molecule has 0 fully saturated rings. The van der Waals surface area contributed by atoms with Crippen molar-refractivity contribution in [1.29, 1.82) is 0 Å². The molecule has 10 aromatic carbocycles. The van der Waals surface area contributed by atoms with Crippen LogP contribution in [0.1, 0.15) is 90.0 Å². The van der Waals surface area contributed by atoms with Crippen molar-refractivity contribution in [1.82, 2.24) is 4.90 Å². The number of imide groups is 2. The topological polar surface area (TPSA) is 137 Å². The van der Waals surface area contributed by atoms with E-state index >= 15 is 0 Å². The number of rotatable bonds is 9. The van der Waals surface area contributed by atoms with Crippen molar-refractivity contribution in [3.63, 3.8) is 0 Å². The van der Waals surface area contributed by atoms with Crippen molar-refractivity contribution >= 4 is 62.8 Å². The van der Waals surface area contributed by atoms with Crippen molar-refractivity contribution in [3.05, 3.63) is 267 Å². The molecule has 2 aliphatic heterocycles. The summed E-state index contributed by atoms with van der Waals surface area (Å²) in [6, 6.07) is 63.5. The highest BCUT2D eigenvalue weighted by Gasteiger charge is 2.46. The van der Waals surface area contributed by atoms with Crippen molar-refractivity contribution in [2.24, 2.45) is 0 Å². The maximum Gasteiger partial charge on any atom is 0.343 e. The highest BCUT2D eigenvalue weighted by molar-refractivity contribution is 6.34. The number of esters is 2. The molecular formula is C65H40N2O9. The smallest absolute Gasteiger partial charge is 0.343 e. The number of fused-ring (bicyclic) bond motifs is 7. The van der Waals surface area contributed by atoms with Crippen LogP contribution in [0.5, 0.6) is 23.0 Å². The number of carbonyl (C=O) groups excluding carboxylic acids is 6. The second kappa shape index (κ2) is 17.5. The van der Waals surface area contributed by atoms with E-state index in [4.69, 9.17) is 14.2 Å². The average molecular weight is 993 g/mol. The summed E-state index contributed by atoms with van der Waals surface area (Å²) in [7, 11) is 1.41. The van der Waals surface area contributed by atoms with Gasteiger partial charge >= 0.3 is 11.9 Å². The Kier molecular flexibility index (Phi) is 10.5. The zero-order valence-electron chi connectivity index (χ0n) is 40.7. The molecule has 1 aliphatic carbocycles. The molecule has 2 heterocycles. The molecule has 0 saturated heterocycles. The predicted molar refractivity (Wildman–Crippen MR) is 287 cm³/mol. The number of aryl methyl sites for hydroxylation is 1.